The monoisotopic (exact) mass is 386 g/mol. The smallest absolute Gasteiger partial charge is 0.260 e. The molecule has 1 fully saturated rings. The van der Waals surface area contributed by atoms with Crippen molar-refractivity contribution >= 4 is 5.91 Å². The molecule has 1 saturated heterocycles. The van der Waals surface area contributed by atoms with Crippen LogP contribution in [0.4, 0.5) is 4.39 Å². The summed E-state index contributed by atoms with van der Waals surface area (Å²) in [6, 6.07) is 13.8. The summed E-state index contributed by atoms with van der Waals surface area (Å²) in [7, 11) is 1.65. The van der Waals surface area contributed by atoms with Crippen molar-refractivity contribution in [1.29, 1.82) is 0 Å². The highest BCUT2D eigenvalue weighted by atomic mass is 19.1. The third kappa shape index (κ3) is 5.23. The highest BCUT2D eigenvalue weighted by molar-refractivity contribution is 5.80. The van der Waals surface area contributed by atoms with Gasteiger partial charge in [-0.25, -0.2) is 4.39 Å². The molecule has 1 N–H and O–H groups in total. The molecule has 5 nitrogen and oxygen atoms in total. The fourth-order valence-corrected chi connectivity index (χ4v) is 3.45. The maximum atomic E-state index is 13.0. The topological polar surface area (TPSA) is 50.8 Å². The first-order chi connectivity index (χ1) is 13.6. The van der Waals surface area contributed by atoms with Crippen LogP contribution in [-0.4, -0.2) is 43.7 Å². The van der Waals surface area contributed by atoms with Gasteiger partial charge < -0.3 is 14.8 Å². The Balaban J connectivity index is 1.61. The van der Waals surface area contributed by atoms with Crippen LogP contribution in [0.15, 0.2) is 48.5 Å². The van der Waals surface area contributed by atoms with Gasteiger partial charge in [0.2, 0.25) is 0 Å². The standard InChI is InChI=1S/C22H27FN2O3/c1-16(28-20-11-7-18(23)8-12-20)22(26)24-15-21(25-13-3-4-14-25)17-5-9-19(27-2)10-6-17/h5-12,16,21H,3-4,13-15H2,1-2H3,(H,24,26)/t16-,21-/m1/s1. The lowest BCUT2D eigenvalue weighted by molar-refractivity contribution is -0.127. The second-order valence-corrected chi connectivity index (χ2v) is 6.99. The second kappa shape index (κ2) is 9.55. The largest absolute Gasteiger partial charge is 0.497 e. The summed E-state index contributed by atoms with van der Waals surface area (Å²) in [4.78, 5) is 14.9. The van der Waals surface area contributed by atoms with Crippen molar-refractivity contribution in [2.75, 3.05) is 26.7 Å². The van der Waals surface area contributed by atoms with Gasteiger partial charge in [-0.2, -0.15) is 0 Å². The van der Waals surface area contributed by atoms with E-state index >= 15 is 0 Å². The fourth-order valence-electron chi connectivity index (χ4n) is 3.45. The summed E-state index contributed by atoms with van der Waals surface area (Å²) in [5.74, 6) is 0.754. The zero-order valence-corrected chi connectivity index (χ0v) is 16.4. The molecular formula is C22H27FN2O3. The summed E-state index contributed by atoms with van der Waals surface area (Å²) in [6.07, 6.45) is 1.68. The van der Waals surface area contributed by atoms with Crippen molar-refractivity contribution in [1.82, 2.24) is 10.2 Å². The van der Waals surface area contributed by atoms with E-state index in [1.807, 2.05) is 24.3 Å². The van der Waals surface area contributed by atoms with E-state index in [0.29, 0.717) is 12.3 Å². The van der Waals surface area contributed by atoms with Gasteiger partial charge in [-0.05, 0) is 74.8 Å². The van der Waals surface area contributed by atoms with Gasteiger partial charge >= 0.3 is 0 Å². The number of hydrogen-bond acceptors (Lipinski definition) is 4. The molecule has 1 heterocycles. The average molecular weight is 386 g/mol. The normalized spacial score (nSPS) is 16.4. The van der Waals surface area contributed by atoms with Crippen LogP contribution in [0.1, 0.15) is 31.4 Å². The van der Waals surface area contributed by atoms with E-state index in [4.69, 9.17) is 9.47 Å². The number of halogens is 1. The summed E-state index contributed by atoms with van der Waals surface area (Å²) >= 11 is 0. The van der Waals surface area contributed by atoms with Crippen molar-refractivity contribution in [3.05, 3.63) is 59.9 Å². The molecule has 2 aromatic carbocycles. The van der Waals surface area contributed by atoms with Crippen molar-refractivity contribution in [2.45, 2.75) is 31.9 Å². The van der Waals surface area contributed by atoms with Gasteiger partial charge in [0, 0.05) is 6.54 Å². The number of methoxy groups -OCH3 is 1. The van der Waals surface area contributed by atoms with E-state index in [1.165, 1.54) is 37.1 Å². The lowest BCUT2D eigenvalue weighted by Gasteiger charge is -2.29. The van der Waals surface area contributed by atoms with Gasteiger partial charge in [0.1, 0.15) is 17.3 Å². The van der Waals surface area contributed by atoms with Gasteiger partial charge in [0.15, 0.2) is 6.10 Å². The number of ether oxygens (including phenoxy) is 2. The maximum Gasteiger partial charge on any atom is 0.260 e. The average Bonchev–Trinajstić information content (AvgIpc) is 3.24. The van der Waals surface area contributed by atoms with Crippen LogP contribution in [0.25, 0.3) is 0 Å². The molecule has 0 radical (unpaired) electrons. The zero-order chi connectivity index (χ0) is 19.9. The Hall–Kier alpha value is -2.60. The number of benzene rings is 2. The number of amides is 1. The van der Waals surface area contributed by atoms with Crippen LogP contribution in [0.5, 0.6) is 11.5 Å². The van der Waals surface area contributed by atoms with Crippen molar-refractivity contribution < 1.29 is 18.7 Å². The summed E-state index contributed by atoms with van der Waals surface area (Å²) in [5, 5.41) is 3.01. The molecule has 6 heteroatoms. The molecule has 2 aromatic rings. The summed E-state index contributed by atoms with van der Waals surface area (Å²) < 4.78 is 23.9. The minimum Gasteiger partial charge on any atom is -0.497 e. The van der Waals surface area contributed by atoms with Crippen LogP contribution < -0.4 is 14.8 Å². The summed E-state index contributed by atoms with van der Waals surface area (Å²) in [6.45, 7) is 4.24. The third-order valence-electron chi connectivity index (χ3n) is 5.05. The van der Waals surface area contributed by atoms with Crippen LogP contribution in [0.3, 0.4) is 0 Å². The van der Waals surface area contributed by atoms with E-state index in [0.717, 1.165) is 24.4 Å². The molecule has 3 rings (SSSR count). The van der Waals surface area contributed by atoms with Crippen molar-refractivity contribution in [3.63, 3.8) is 0 Å². The first kappa shape index (κ1) is 20.1. The number of likely N-dealkylation sites (tertiary alicyclic amines) is 1. The number of hydrogen-bond donors (Lipinski definition) is 1. The Morgan fingerprint density at radius 2 is 1.68 bits per heavy atom. The predicted octanol–water partition coefficient (Wildman–Crippen LogP) is 3.55. The van der Waals surface area contributed by atoms with E-state index in [9.17, 15) is 9.18 Å². The maximum absolute atomic E-state index is 13.0. The van der Waals surface area contributed by atoms with Crippen LogP contribution in [-0.2, 0) is 4.79 Å². The minimum atomic E-state index is -0.666. The molecule has 1 amide bonds. The quantitative estimate of drug-likeness (QED) is 0.754. The van der Waals surface area contributed by atoms with Gasteiger partial charge in [0.05, 0.1) is 13.2 Å². The van der Waals surface area contributed by atoms with Gasteiger partial charge in [-0.15, -0.1) is 0 Å². The number of rotatable bonds is 8. The van der Waals surface area contributed by atoms with E-state index in [-0.39, 0.29) is 17.8 Å². The molecule has 0 aliphatic carbocycles. The highest BCUT2D eigenvalue weighted by Crippen LogP contribution is 2.26. The number of carbonyl (C=O) groups excluding carboxylic acids is 1. The molecule has 0 unspecified atom stereocenters. The zero-order valence-electron chi connectivity index (χ0n) is 16.4. The predicted molar refractivity (Wildman–Crippen MR) is 106 cm³/mol. The molecule has 0 spiro atoms. The lowest BCUT2D eigenvalue weighted by atomic mass is 10.1. The number of carbonyl (C=O) groups is 1. The van der Waals surface area contributed by atoms with Crippen LogP contribution in [0.2, 0.25) is 0 Å². The molecule has 0 saturated carbocycles. The molecule has 1 aliphatic rings. The Morgan fingerprint density at radius 3 is 2.29 bits per heavy atom. The SMILES string of the molecule is COc1ccc([C@@H](CNC(=O)[C@@H](C)Oc2ccc(F)cc2)N2CCCC2)cc1. The number of nitrogens with zero attached hydrogens (tertiary/aromatic N) is 1. The molecule has 28 heavy (non-hydrogen) atoms. The van der Waals surface area contributed by atoms with Crippen molar-refractivity contribution in [3.8, 4) is 11.5 Å². The number of nitrogens with one attached hydrogen (secondary N) is 1. The Bertz CT molecular complexity index is 758. The molecular weight excluding hydrogens is 359 g/mol. The first-order valence-corrected chi connectivity index (χ1v) is 9.65. The summed E-state index contributed by atoms with van der Waals surface area (Å²) in [5.41, 5.74) is 1.15. The molecule has 150 valence electrons. The first-order valence-electron chi connectivity index (χ1n) is 9.65. The molecule has 1 aliphatic heterocycles. The Labute approximate surface area is 165 Å². The van der Waals surface area contributed by atoms with Gasteiger partial charge in [-0.3, -0.25) is 9.69 Å². The Morgan fingerprint density at radius 1 is 1.07 bits per heavy atom. The molecule has 2 atom stereocenters. The molecule has 0 bridgehead atoms. The second-order valence-electron chi connectivity index (χ2n) is 6.99. The van der Waals surface area contributed by atoms with Gasteiger partial charge in [0.25, 0.3) is 5.91 Å². The highest BCUT2D eigenvalue weighted by Gasteiger charge is 2.25. The van der Waals surface area contributed by atoms with Crippen LogP contribution in [0, 0.1) is 5.82 Å². The molecule has 0 aromatic heterocycles. The van der Waals surface area contributed by atoms with Gasteiger partial charge in [-0.1, -0.05) is 12.1 Å². The fraction of sp³-hybridized carbons (Fsp3) is 0.409. The third-order valence-corrected chi connectivity index (χ3v) is 5.05. The Kier molecular flexibility index (Phi) is 6.87. The van der Waals surface area contributed by atoms with Crippen LogP contribution >= 0.6 is 0 Å². The lowest BCUT2D eigenvalue weighted by Crippen LogP contribution is -2.42. The van der Waals surface area contributed by atoms with E-state index in [1.54, 1.807) is 14.0 Å². The van der Waals surface area contributed by atoms with E-state index < -0.39 is 6.10 Å². The minimum absolute atomic E-state index is 0.107. The van der Waals surface area contributed by atoms with Crippen molar-refractivity contribution in [2.24, 2.45) is 0 Å². The van der Waals surface area contributed by atoms with E-state index in [2.05, 4.69) is 10.2 Å².